The number of aromatic nitrogens is 2. The molecule has 142 valence electrons. The van der Waals surface area contributed by atoms with E-state index in [0.717, 1.165) is 24.2 Å². The van der Waals surface area contributed by atoms with Crippen LogP contribution >= 0.6 is 11.3 Å². The van der Waals surface area contributed by atoms with Crippen LogP contribution in [0.4, 0.5) is 0 Å². The van der Waals surface area contributed by atoms with E-state index in [1.807, 2.05) is 49.1 Å². The highest BCUT2D eigenvalue weighted by molar-refractivity contribution is 7.11. The first kappa shape index (κ1) is 22.6. The zero-order chi connectivity index (χ0) is 17.5. The van der Waals surface area contributed by atoms with Crippen molar-refractivity contribution < 1.29 is 44.4 Å². The maximum atomic E-state index is 8.53. The van der Waals surface area contributed by atoms with Gasteiger partial charge in [0.15, 0.2) is 37.9 Å². The third kappa shape index (κ3) is 6.63. The third-order valence-corrected chi connectivity index (χ3v) is 4.70. The van der Waals surface area contributed by atoms with Gasteiger partial charge >= 0.3 is 0 Å². The summed E-state index contributed by atoms with van der Waals surface area (Å²) in [6.07, 6.45) is 10.7. The minimum atomic E-state index is 0. The monoisotopic (exact) mass is 424 g/mol. The summed E-state index contributed by atoms with van der Waals surface area (Å²) < 4.78 is 4.17. The minimum absolute atomic E-state index is 0. The van der Waals surface area contributed by atoms with E-state index in [1.165, 1.54) is 22.2 Å². The second-order valence-corrected chi connectivity index (χ2v) is 6.72. The molecule has 27 heavy (non-hydrogen) atoms. The van der Waals surface area contributed by atoms with Crippen LogP contribution in [0, 0.1) is 0 Å². The molecule has 0 spiro atoms. The first-order valence-electron chi connectivity index (χ1n) is 7.67. The van der Waals surface area contributed by atoms with Crippen LogP contribution in [-0.4, -0.2) is 22.8 Å². The standard InChI is InChI=1S/C18H16N4O2S.2ClH/c23-19-11-15-3-7-21(8-4-15)13-17-1-2-18(25-17)14-22-9-5-16(6-10-22)12-20-24;;/h1-12H,13-14H2;2*1H. The normalized spacial score (nSPS) is 10.7. The molecule has 3 heterocycles. The van der Waals surface area contributed by atoms with E-state index in [0.29, 0.717) is 0 Å². The molecule has 3 aromatic heterocycles. The summed E-state index contributed by atoms with van der Waals surface area (Å²) in [5.74, 6) is 0. The van der Waals surface area contributed by atoms with Crippen LogP contribution in [0.5, 0.6) is 0 Å². The number of hydrogen-bond acceptors (Lipinski definition) is 5. The molecule has 0 saturated carbocycles. The van der Waals surface area contributed by atoms with Gasteiger partial charge in [0.1, 0.15) is 0 Å². The van der Waals surface area contributed by atoms with Crippen LogP contribution in [-0.2, 0) is 13.1 Å². The number of rotatable bonds is 6. The Labute approximate surface area is 173 Å². The van der Waals surface area contributed by atoms with Gasteiger partial charge in [-0.1, -0.05) is 10.3 Å². The van der Waals surface area contributed by atoms with Crippen molar-refractivity contribution in [2.45, 2.75) is 13.1 Å². The van der Waals surface area contributed by atoms with Gasteiger partial charge in [0.2, 0.25) is 0 Å². The summed E-state index contributed by atoms with van der Waals surface area (Å²) in [6.45, 7) is 1.61. The Morgan fingerprint density at radius 1 is 0.704 bits per heavy atom. The molecule has 2 N–H and O–H groups in total. The molecule has 0 radical (unpaired) electrons. The summed E-state index contributed by atoms with van der Waals surface area (Å²) >= 11 is 1.78. The van der Waals surface area contributed by atoms with Gasteiger partial charge in [0.25, 0.3) is 0 Å². The Kier molecular flexibility index (Phi) is 9.42. The number of pyridine rings is 2. The van der Waals surface area contributed by atoms with Gasteiger partial charge in [-0.2, -0.15) is 9.13 Å². The van der Waals surface area contributed by atoms with Crippen molar-refractivity contribution in [2.24, 2.45) is 10.3 Å². The summed E-state index contributed by atoms with van der Waals surface area (Å²) in [7, 11) is 0. The second-order valence-electron chi connectivity index (χ2n) is 5.46. The Hall–Kier alpha value is -2.48. The second kappa shape index (κ2) is 11.3. The highest BCUT2D eigenvalue weighted by atomic mass is 35.5. The van der Waals surface area contributed by atoms with Crippen molar-refractivity contribution >= 4 is 23.8 Å². The average Bonchev–Trinajstić information content (AvgIpc) is 3.06. The van der Waals surface area contributed by atoms with Crippen LogP contribution in [0.2, 0.25) is 0 Å². The number of nitrogens with zero attached hydrogens (tertiary/aromatic N) is 4. The van der Waals surface area contributed by atoms with Crippen LogP contribution in [0.1, 0.15) is 20.9 Å². The number of hydrogen-bond donors (Lipinski definition) is 2. The summed E-state index contributed by atoms with van der Waals surface area (Å²) in [4.78, 5) is 2.54. The zero-order valence-electron chi connectivity index (χ0n) is 14.2. The lowest BCUT2D eigenvalue weighted by atomic mass is 10.3. The minimum Gasteiger partial charge on any atom is -1.00 e. The largest absolute Gasteiger partial charge is 1.00 e. The van der Waals surface area contributed by atoms with Crippen molar-refractivity contribution in [3.63, 3.8) is 0 Å². The first-order chi connectivity index (χ1) is 12.3. The third-order valence-electron chi connectivity index (χ3n) is 3.64. The number of oxime groups is 2. The van der Waals surface area contributed by atoms with Crippen molar-refractivity contribution in [1.29, 1.82) is 0 Å². The van der Waals surface area contributed by atoms with E-state index < -0.39 is 0 Å². The van der Waals surface area contributed by atoms with Gasteiger partial charge in [0, 0.05) is 35.4 Å². The fourth-order valence-corrected chi connectivity index (χ4v) is 3.44. The lowest BCUT2D eigenvalue weighted by molar-refractivity contribution is -0.688. The maximum absolute atomic E-state index is 8.53. The SMILES string of the molecule is O/N=C/c1cc[n+](Cc2ccc(C[n+]3ccc(/C=N/O)cc3)s2)cc1.[Cl-].[Cl-]. The fourth-order valence-electron chi connectivity index (χ4n) is 2.41. The van der Waals surface area contributed by atoms with Gasteiger partial charge in [-0.3, -0.25) is 0 Å². The van der Waals surface area contributed by atoms with Gasteiger partial charge < -0.3 is 35.2 Å². The quantitative estimate of drug-likeness (QED) is 0.183. The molecule has 0 fully saturated rings. The summed E-state index contributed by atoms with van der Waals surface area (Å²) in [5.41, 5.74) is 1.72. The van der Waals surface area contributed by atoms with Gasteiger partial charge in [-0.05, 0) is 12.1 Å². The van der Waals surface area contributed by atoms with Gasteiger partial charge in [-0.15, -0.1) is 11.3 Å². The van der Waals surface area contributed by atoms with Crippen molar-refractivity contribution in [1.82, 2.24) is 0 Å². The molecule has 0 unspecified atom stereocenters. The lowest BCUT2D eigenvalue weighted by Crippen LogP contribution is -3.00. The molecular weight excluding hydrogens is 407 g/mol. The van der Waals surface area contributed by atoms with Crippen molar-refractivity contribution in [3.8, 4) is 0 Å². The molecular formula is C18H18Cl2N4O2S. The topological polar surface area (TPSA) is 72.9 Å². The van der Waals surface area contributed by atoms with E-state index in [4.69, 9.17) is 10.4 Å². The van der Waals surface area contributed by atoms with E-state index in [9.17, 15) is 0 Å². The summed E-state index contributed by atoms with van der Waals surface area (Å²) in [6, 6.07) is 11.9. The lowest BCUT2D eigenvalue weighted by Gasteiger charge is -1.96. The Morgan fingerprint density at radius 3 is 1.41 bits per heavy atom. The van der Waals surface area contributed by atoms with Crippen molar-refractivity contribution in [3.05, 3.63) is 82.1 Å². The van der Waals surface area contributed by atoms with Crippen LogP contribution in [0.15, 0.2) is 71.5 Å². The molecule has 6 nitrogen and oxygen atoms in total. The summed E-state index contributed by atoms with van der Waals surface area (Å²) in [5, 5.41) is 23.1. The smallest absolute Gasteiger partial charge is 0.182 e. The van der Waals surface area contributed by atoms with Gasteiger partial charge in [-0.25, -0.2) is 0 Å². The zero-order valence-corrected chi connectivity index (χ0v) is 16.5. The predicted molar refractivity (Wildman–Crippen MR) is 94.6 cm³/mol. The van der Waals surface area contributed by atoms with Gasteiger partial charge in [0.05, 0.1) is 22.2 Å². The molecule has 0 aliphatic carbocycles. The van der Waals surface area contributed by atoms with E-state index >= 15 is 0 Å². The average molecular weight is 425 g/mol. The molecule has 0 saturated heterocycles. The molecule has 0 bridgehead atoms. The highest BCUT2D eigenvalue weighted by Crippen LogP contribution is 2.16. The molecule has 0 aliphatic rings. The van der Waals surface area contributed by atoms with Crippen molar-refractivity contribution in [2.75, 3.05) is 0 Å². The molecule has 3 rings (SSSR count). The first-order valence-corrected chi connectivity index (χ1v) is 8.49. The number of halogens is 2. The van der Waals surface area contributed by atoms with E-state index in [-0.39, 0.29) is 24.8 Å². The Balaban J connectivity index is 0.00000182. The molecule has 9 heteroatoms. The maximum Gasteiger partial charge on any atom is 0.182 e. The van der Waals surface area contributed by atoms with E-state index in [1.54, 1.807) is 11.3 Å². The number of thiophene rings is 1. The molecule has 0 amide bonds. The Morgan fingerprint density at radius 2 is 1.07 bits per heavy atom. The highest BCUT2D eigenvalue weighted by Gasteiger charge is 2.09. The van der Waals surface area contributed by atoms with Crippen LogP contribution in [0.25, 0.3) is 0 Å². The molecule has 0 atom stereocenters. The Bertz CT molecular complexity index is 809. The molecule has 3 aromatic rings. The predicted octanol–water partition coefficient (Wildman–Crippen LogP) is -3.96. The van der Waals surface area contributed by atoms with Crippen LogP contribution in [0.3, 0.4) is 0 Å². The molecule has 0 aliphatic heterocycles. The molecule has 0 aromatic carbocycles. The fraction of sp³-hybridized carbons (Fsp3) is 0.111. The van der Waals surface area contributed by atoms with E-state index in [2.05, 4.69) is 31.6 Å². The van der Waals surface area contributed by atoms with Crippen LogP contribution < -0.4 is 33.9 Å².